The first-order valence-corrected chi connectivity index (χ1v) is 3.57. The Balaban J connectivity index is -0.0000000755. The molecule has 78 valence electrons. The standard InChI is InChI=1S/C6H4Cl2.3CO.Cr/c7-5-3-1-2-4-6(5)8;3*1-2;/h1-4H;;;;. The third kappa shape index (κ3) is 16.2. The van der Waals surface area contributed by atoms with Crippen molar-refractivity contribution in [1.82, 2.24) is 0 Å². The van der Waals surface area contributed by atoms with E-state index in [1.807, 2.05) is 12.1 Å². The first-order chi connectivity index (χ1) is 6.80. The van der Waals surface area contributed by atoms with Gasteiger partial charge in [-0.25, -0.2) is 0 Å². The van der Waals surface area contributed by atoms with Gasteiger partial charge in [0.15, 0.2) is 0 Å². The van der Waals surface area contributed by atoms with Crippen LogP contribution >= 0.6 is 23.2 Å². The second-order valence-electron chi connectivity index (χ2n) is 1.41. The Hall–Kier alpha value is -0.448. The normalized spacial score (nSPS) is 5.33. The van der Waals surface area contributed by atoms with Gasteiger partial charge in [-0.3, -0.25) is 0 Å². The van der Waals surface area contributed by atoms with Gasteiger partial charge in [0.2, 0.25) is 0 Å². The van der Waals surface area contributed by atoms with Gasteiger partial charge in [0.05, 0.1) is 10.0 Å². The molecule has 6 heteroatoms. The van der Waals surface area contributed by atoms with Crippen LogP contribution in [0.25, 0.3) is 0 Å². The summed E-state index contributed by atoms with van der Waals surface area (Å²) in [5.41, 5.74) is 0. The Morgan fingerprint density at radius 1 is 0.733 bits per heavy atom. The molecule has 1 aromatic carbocycles. The van der Waals surface area contributed by atoms with Crippen molar-refractivity contribution < 1.29 is 31.3 Å². The van der Waals surface area contributed by atoms with Gasteiger partial charge in [-0.05, 0) is 12.1 Å². The van der Waals surface area contributed by atoms with Crippen LogP contribution in [0.2, 0.25) is 10.0 Å². The van der Waals surface area contributed by atoms with Gasteiger partial charge in [-0.2, -0.15) is 0 Å². The molecule has 1 rings (SSSR count). The number of hydrogen-bond acceptors (Lipinski definition) is 0. The quantitative estimate of drug-likeness (QED) is 0.519. The molecule has 1 aromatic rings. The summed E-state index contributed by atoms with van der Waals surface area (Å²) < 4.78 is 22.5. The molecular weight excluding hydrogens is 279 g/mol. The Kier molecular flexibility index (Phi) is 37.4. The molecule has 15 heavy (non-hydrogen) atoms. The molecule has 0 aliphatic heterocycles. The minimum absolute atomic E-state index is 0. The zero-order valence-corrected chi connectivity index (χ0v) is 9.99. The molecule has 0 radical (unpaired) electrons. The minimum Gasteiger partial charge on any atom is 0 e. The molecule has 0 unspecified atom stereocenters. The third-order valence-electron chi connectivity index (χ3n) is 0.824. The molecule has 0 saturated carbocycles. The molecule has 0 aromatic heterocycles. The maximum atomic E-state index is 7.50. The van der Waals surface area contributed by atoms with Gasteiger partial charge in [-0.15, -0.1) is 0 Å². The van der Waals surface area contributed by atoms with Crippen LogP contribution in [-0.4, -0.2) is 0 Å². The summed E-state index contributed by atoms with van der Waals surface area (Å²) in [7, 11) is 0. The van der Waals surface area contributed by atoms with E-state index >= 15 is 0 Å². The van der Waals surface area contributed by atoms with E-state index in [1.54, 1.807) is 12.1 Å². The van der Waals surface area contributed by atoms with Crippen LogP contribution in [0.1, 0.15) is 0 Å². The Labute approximate surface area is 109 Å². The van der Waals surface area contributed by atoms with Gasteiger partial charge >= 0.3 is 33.9 Å². The van der Waals surface area contributed by atoms with E-state index in [9.17, 15) is 0 Å². The van der Waals surface area contributed by atoms with E-state index in [-0.39, 0.29) is 17.4 Å². The van der Waals surface area contributed by atoms with Crippen LogP contribution in [0.4, 0.5) is 0 Å². The summed E-state index contributed by atoms with van der Waals surface area (Å²) in [6, 6.07) is 7.19. The topological polar surface area (TPSA) is 59.7 Å². The molecule has 0 N–H and O–H groups in total. The average Bonchev–Trinajstić information content (AvgIpc) is 2.31. The number of benzene rings is 1. The third-order valence-corrected chi connectivity index (χ3v) is 1.58. The van der Waals surface area contributed by atoms with Crippen LogP contribution in [0.15, 0.2) is 24.3 Å². The van der Waals surface area contributed by atoms with Crippen molar-refractivity contribution in [2.24, 2.45) is 0 Å². The van der Waals surface area contributed by atoms with Crippen LogP contribution in [0.5, 0.6) is 0 Å². The predicted molar refractivity (Wildman–Crippen MR) is 48.3 cm³/mol. The van der Waals surface area contributed by atoms with Crippen LogP contribution in [-0.2, 0) is 31.3 Å². The van der Waals surface area contributed by atoms with E-state index in [1.165, 1.54) is 0 Å². The molecule has 0 aliphatic carbocycles. The molecule has 0 atom stereocenters. The van der Waals surface area contributed by atoms with Crippen LogP contribution in [0.3, 0.4) is 0 Å². The van der Waals surface area contributed by atoms with Gasteiger partial charge in [0.25, 0.3) is 0 Å². The zero-order chi connectivity index (χ0) is 12.0. The number of hydrogen-bond donors (Lipinski definition) is 0. The summed E-state index contributed by atoms with van der Waals surface area (Å²) in [4.78, 5) is 0. The largest absolute Gasteiger partial charge is 0 e. The van der Waals surface area contributed by atoms with Gasteiger partial charge < -0.3 is 0 Å². The molecule has 0 spiro atoms. The Bertz CT molecular complexity index is 262. The number of halogens is 2. The minimum atomic E-state index is 0. The van der Waals surface area contributed by atoms with Crippen molar-refractivity contribution in [2.75, 3.05) is 0 Å². The van der Waals surface area contributed by atoms with Crippen molar-refractivity contribution in [3.05, 3.63) is 54.3 Å². The summed E-state index contributed by atoms with van der Waals surface area (Å²) in [6.45, 7) is 13.5. The van der Waals surface area contributed by atoms with Gasteiger partial charge in [0, 0.05) is 17.4 Å². The first-order valence-electron chi connectivity index (χ1n) is 2.82. The van der Waals surface area contributed by atoms with E-state index in [4.69, 9.17) is 37.2 Å². The average molecular weight is 283 g/mol. The first kappa shape index (κ1) is 24.0. The van der Waals surface area contributed by atoms with E-state index in [0.717, 1.165) is 0 Å². The fourth-order valence-electron chi connectivity index (χ4n) is 0.439. The van der Waals surface area contributed by atoms with E-state index < -0.39 is 0 Å². The smallest absolute Gasteiger partial charge is 0 e. The molecular formula is C9H4Cl2CrO3. The molecule has 0 aliphatic rings. The van der Waals surface area contributed by atoms with Crippen LogP contribution < -0.4 is 0 Å². The number of rotatable bonds is 0. The monoisotopic (exact) mass is 282 g/mol. The van der Waals surface area contributed by atoms with Gasteiger partial charge in [0.1, 0.15) is 0 Å². The zero-order valence-electron chi connectivity index (χ0n) is 7.20. The molecule has 0 amide bonds. The Morgan fingerprint density at radius 3 is 1.07 bits per heavy atom. The second-order valence-corrected chi connectivity index (χ2v) is 2.23. The van der Waals surface area contributed by atoms with Crippen molar-refractivity contribution in [3.8, 4) is 0 Å². The van der Waals surface area contributed by atoms with Crippen molar-refractivity contribution in [1.29, 1.82) is 0 Å². The molecule has 0 heterocycles. The molecule has 0 fully saturated rings. The summed E-state index contributed by atoms with van der Waals surface area (Å²) in [6.07, 6.45) is 0. The van der Waals surface area contributed by atoms with E-state index in [0.29, 0.717) is 10.0 Å². The Morgan fingerprint density at radius 2 is 0.933 bits per heavy atom. The van der Waals surface area contributed by atoms with Crippen molar-refractivity contribution >= 4 is 23.2 Å². The van der Waals surface area contributed by atoms with Crippen molar-refractivity contribution in [2.45, 2.75) is 0 Å². The van der Waals surface area contributed by atoms with Crippen molar-refractivity contribution in [3.63, 3.8) is 0 Å². The predicted octanol–water partition coefficient (Wildman–Crippen LogP) is 2.88. The molecule has 0 bridgehead atoms. The maximum Gasteiger partial charge on any atom is 0 e. The van der Waals surface area contributed by atoms with Crippen LogP contribution in [0, 0.1) is 20.0 Å². The molecule has 3 nitrogen and oxygen atoms in total. The summed E-state index contributed by atoms with van der Waals surface area (Å²) >= 11 is 11.2. The molecule has 0 saturated heterocycles. The SMILES string of the molecule is Clc1ccccc1Cl.[C-]#[O+].[C-]#[O+].[C-]#[O+].[Cr]. The van der Waals surface area contributed by atoms with E-state index in [2.05, 4.69) is 20.0 Å². The summed E-state index contributed by atoms with van der Waals surface area (Å²) in [5.74, 6) is 0. The summed E-state index contributed by atoms with van der Waals surface area (Å²) in [5, 5.41) is 1.21. The fourth-order valence-corrected chi connectivity index (χ4v) is 0.711. The van der Waals surface area contributed by atoms with Gasteiger partial charge in [-0.1, -0.05) is 35.3 Å². The fraction of sp³-hybridized carbons (Fsp3) is 0. The second kappa shape index (κ2) is 23.4. The maximum absolute atomic E-state index is 7.50.